The zero-order valence-electron chi connectivity index (χ0n) is 8.65. The van der Waals surface area contributed by atoms with Crippen LogP contribution in [0.2, 0.25) is 0 Å². The molecule has 1 aromatic carbocycles. The summed E-state index contributed by atoms with van der Waals surface area (Å²) in [6.07, 6.45) is 0. The third-order valence-corrected chi connectivity index (χ3v) is 2.08. The summed E-state index contributed by atoms with van der Waals surface area (Å²) in [7, 11) is 0. The number of phenolic OH excluding ortho intramolecular Hbond substituents is 1. The normalized spacial score (nSPS) is 12.1. The number of rotatable bonds is 2. The van der Waals surface area contributed by atoms with Crippen LogP contribution in [-0.2, 0) is 0 Å². The predicted octanol–water partition coefficient (Wildman–Crippen LogP) is 2.53. The molecule has 14 heavy (non-hydrogen) atoms. The van der Waals surface area contributed by atoms with Gasteiger partial charge in [0.1, 0.15) is 5.75 Å². The summed E-state index contributed by atoms with van der Waals surface area (Å²) < 4.78 is 0. The minimum Gasteiger partial charge on any atom is -0.507 e. The lowest BCUT2D eigenvalue weighted by molar-refractivity contribution is 0.316. The molecule has 76 valence electrons. The topological polar surface area (TPSA) is 52.8 Å². The molecule has 2 N–H and O–H groups in total. The lowest BCUT2D eigenvalue weighted by Crippen LogP contribution is -2.09. The largest absolute Gasteiger partial charge is 0.507 e. The lowest BCUT2D eigenvalue weighted by atomic mass is 9.98. The molecule has 0 heterocycles. The summed E-state index contributed by atoms with van der Waals surface area (Å²) in [6, 6.07) is 5.23. The van der Waals surface area contributed by atoms with Gasteiger partial charge in [-0.1, -0.05) is 30.6 Å². The van der Waals surface area contributed by atoms with Gasteiger partial charge in [-0.05, 0) is 25.0 Å². The van der Waals surface area contributed by atoms with E-state index >= 15 is 0 Å². The zero-order chi connectivity index (χ0) is 10.7. The molecule has 0 aromatic heterocycles. The predicted molar refractivity (Wildman–Crippen MR) is 56.0 cm³/mol. The molecule has 0 unspecified atom stereocenters. The molecule has 0 atom stereocenters. The first-order valence-electron chi connectivity index (χ1n) is 4.58. The molecule has 0 saturated carbocycles. The van der Waals surface area contributed by atoms with Crippen molar-refractivity contribution in [1.29, 1.82) is 0 Å². The van der Waals surface area contributed by atoms with Gasteiger partial charge in [0.15, 0.2) is 0 Å². The second kappa shape index (κ2) is 4.13. The fraction of sp³-hybridized carbons (Fsp3) is 0.364. The summed E-state index contributed by atoms with van der Waals surface area (Å²) in [4.78, 5) is 0. The second-order valence-corrected chi connectivity index (χ2v) is 3.66. The summed E-state index contributed by atoms with van der Waals surface area (Å²) in [5, 5.41) is 21.7. The molecule has 0 fully saturated rings. The maximum absolute atomic E-state index is 9.59. The van der Waals surface area contributed by atoms with Crippen LogP contribution >= 0.6 is 0 Å². The number of oxime groups is 1. The number of benzene rings is 1. The Labute approximate surface area is 83.7 Å². The smallest absolute Gasteiger partial charge is 0.124 e. The maximum atomic E-state index is 9.59. The first kappa shape index (κ1) is 10.6. The van der Waals surface area contributed by atoms with E-state index in [9.17, 15) is 5.11 Å². The molecule has 3 nitrogen and oxygen atoms in total. The molecule has 0 aliphatic carbocycles. The fourth-order valence-corrected chi connectivity index (χ4v) is 1.34. The van der Waals surface area contributed by atoms with E-state index in [4.69, 9.17) is 5.21 Å². The van der Waals surface area contributed by atoms with Crippen LogP contribution < -0.4 is 0 Å². The van der Waals surface area contributed by atoms with Crippen LogP contribution in [0.3, 0.4) is 0 Å². The van der Waals surface area contributed by atoms with Gasteiger partial charge in [-0.3, -0.25) is 0 Å². The van der Waals surface area contributed by atoms with Crippen LogP contribution in [0.4, 0.5) is 0 Å². The highest BCUT2D eigenvalue weighted by Gasteiger charge is 2.13. The first-order chi connectivity index (χ1) is 6.56. The third kappa shape index (κ3) is 2.05. The fourth-order valence-electron chi connectivity index (χ4n) is 1.34. The highest BCUT2D eigenvalue weighted by atomic mass is 16.4. The highest BCUT2D eigenvalue weighted by Crippen LogP contribution is 2.22. The van der Waals surface area contributed by atoms with Crippen LogP contribution in [-0.4, -0.2) is 16.0 Å². The summed E-state index contributed by atoms with van der Waals surface area (Å²) in [6.45, 7) is 5.76. The number of nitrogens with zero attached hydrogens (tertiary/aromatic N) is 1. The van der Waals surface area contributed by atoms with E-state index in [1.807, 2.05) is 32.9 Å². The molecule has 0 bridgehead atoms. The Bertz CT molecular complexity index is 356. The van der Waals surface area contributed by atoms with Gasteiger partial charge < -0.3 is 10.3 Å². The molecule has 0 amide bonds. The van der Waals surface area contributed by atoms with Crippen molar-refractivity contribution in [3.8, 4) is 5.75 Å². The molecule has 0 radical (unpaired) electrons. The monoisotopic (exact) mass is 193 g/mol. The van der Waals surface area contributed by atoms with Crippen molar-refractivity contribution >= 4 is 5.71 Å². The Hall–Kier alpha value is -1.51. The average molecular weight is 193 g/mol. The van der Waals surface area contributed by atoms with Crippen molar-refractivity contribution in [2.24, 2.45) is 11.1 Å². The Morgan fingerprint density at radius 1 is 1.36 bits per heavy atom. The van der Waals surface area contributed by atoms with E-state index in [2.05, 4.69) is 5.16 Å². The number of aryl methyl sites for hydroxylation is 1. The van der Waals surface area contributed by atoms with E-state index in [1.54, 1.807) is 6.07 Å². The van der Waals surface area contributed by atoms with Crippen LogP contribution in [0.25, 0.3) is 0 Å². The van der Waals surface area contributed by atoms with E-state index in [0.29, 0.717) is 11.3 Å². The van der Waals surface area contributed by atoms with Crippen LogP contribution in [0.15, 0.2) is 23.4 Å². The van der Waals surface area contributed by atoms with Gasteiger partial charge >= 0.3 is 0 Å². The quantitative estimate of drug-likeness (QED) is 0.431. The molecule has 1 aromatic rings. The maximum Gasteiger partial charge on any atom is 0.124 e. The molecular formula is C11H15NO2. The van der Waals surface area contributed by atoms with Crippen molar-refractivity contribution in [1.82, 2.24) is 0 Å². The van der Waals surface area contributed by atoms with Gasteiger partial charge in [-0.25, -0.2) is 0 Å². The minimum absolute atomic E-state index is 0.0766. The van der Waals surface area contributed by atoms with E-state index in [0.717, 1.165) is 5.56 Å². The van der Waals surface area contributed by atoms with Crippen molar-refractivity contribution in [2.75, 3.05) is 0 Å². The first-order valence-corrected chi connectivity index (χ1v) is 4.58. The van der Waals surface area contributed by atoms with Gasteiger partial charge in [0.25, 0.3) is 0 Å². The van der Waals surface area contributed by atoms with Crippen molar-refractivity contribution in [2.45, 2.75) is 20.8 Å². The van der Waals surface area contributed by atoms with Crippen molar-refractivity contribution in [3.63, 3.8) is 0 Å². The molecule has 0 aliphatic heterocycles. The molecular weight excluding hydrogens is 178 g/mol. The highest BCUT2D eigenvalue weighted by molar-refractivity contribution is 6.03. The van der Waals surface area contributed by atoms with Gasteiger partial charge in [0.2, 0.25) is 0 Å². The second-order valence-electron chi connectivity index (χ2n) is 3.66. The van der Waals surface area contributed by atoms with E-state index < -0.39 is 0 Å². The SMILES string of the molecule is Cc1ccc(O)c(C(=NO)C(C)C)c1. The van der Waals surface area contributed by atoms with Crippen molar-refractivity contribution in [3.05, 3.63) is 29.3 Å². The van der Waals surface area contributed by atoms with Gasteiger partial charge in [0, 0.05) is 5.56 Å². The Morgan fingerprint density at radius 2 is 2.00 bits per heavy atom. The van der Waals surface area contributed by atoms with Crippen LogP contribution in [0.5, 0.6) is 5.75 Å². The average Bonchev–Trinajstić information content (AvgIpc) is 2.11. The Morgan fingerprint density at radius 3 is 2.50 bits per heavy atom. The zero-order valence-corrected chi connectivity index (χ0v) is 8.65. The van der Waals surface area contributed by atoms with E-state index in [-0.39, 0.29) is 11.7 Å². The summed E-state index contributed by atoms with van der Waals surface area (Å²) in [5.41, 5.74) is 2.13. The van der Waals surface area contributed by atoms with Gasteiger partial charge in [-0.2, -0.15) is 0 Å². The molecule has 0 spiro atoms. The van der Waals surface area contributed by atoms with Gasteiger partial charge in [0.05, 0.1) is 5.71 Å². The van der Waals surface area contributed by atoms with E-state index in [1.165, 1.54) is 0 Å². The Balaban J connectivity index is 3.23. The summed E-state index contributed by atoms with van der Waals surface area (Å²) >= 11 is 0. The number of phenols is 1. The van der Waals surface area contributed by atoms with Crippen LogP contribution in [0.1, 0.15) is 25.0 Å². The van der Waals surface area contributed by atoms with Crippen molar-refractivity contribution < 1.29 is 10.3 Å². The van der Waals surface area contributed by atoms with Crippen LogP contribution in [0, 0.1) is 12.8 Å². The lowest BCUT2D eigenvalue weighted by Gasteiger charge is -2.10. The van der Waals surface area contributed by atoms with Gasteiger partial charge in [-0.15, -0.1) is 0 Å². The minimum atomic E-state index is 0.0766. The summed E-state index contributed by atoms with van der Waals surface area (Å²) in [5.74, 6) is 0.227. The third-order valence-electron chi connectivity index (χ3n) is 2.08. The molecule has 3 heteroatoms. The number of hydrogen-bond acceptors (Lipinski definition) is 3. The number of aromatic hydroxyl groups is 1. The molecule has 1 rings (SSSR count). The number of hydrogen-bond donors (Lipinski definition) is 2. The standard InChI is InChI=1S/C11H15NO2/c1-7(2)11(12-14)9-6-8(3)4-5-10(9)13/h4-7,13-14H,1-3H3. The molecule has 0 aliphatic rings. The molecule has 0 saturated heterocycles. The Kier molecular flexibility index (Phi) is 3.12.